The highest BCUT2D eigenvalue weighted by atomic mass is 35.5. The number of thiazole rings is 1. The Balaban J connectivity index is 1.93. The number of hydrogen-bond donors (Lipinski definition) is 1. The van der Waals surface area contributed by atoms with E-state index in [1.165, 1.54) is 16.0 Å². The van der Waals surface area contributed by atoms with E-state index >= 15 is 0 Å². The van der Waals surface area contributed by atoms with Crippen molar-refractivity contribution in [2.45, 2.75) is 37.2 Å². The number of aromatic carboxylic acids is 1. The molecule has 36 heavy (non-hydrogen) atoms. The van der Waals surface area contributed by atoms with Gasteiger partial charge in [0.25, 0.3) is 0 Å². The number of benzene rings is 2. The van der Waals surface area contributed by atoms with Crippen LogP contribution in [0, 0.1) is 13.8 Å². The second-order valence-electron chi connectivity index (χ2n) is 8.91. The monoisotopic (exact) mass is 560 g/mol. The molecule has 0 amide bonds. The minimum Gasteiger partial charge on any atom is -0.476 e. The minimum absolute atomic E-state index is 0.0818. The topological polar surface area (TPSA) is 71.2 Å². The Kier molecular flexibility index (Phi) is 7.71. The molecule has 0 unspecified atom stereocenters. The van der Waals surface area contributed by atoms with Gasteiger partial charge >= 0.3 is 5.97 Å². The van der Waals surface area contributed by atoms with Crippen LogP contribution < -0.4 is 4.90 Å². The molecule has 0 aliphatic heterocycles. The summed E-state index contributed by atoms with van der Waals surface area (Å²) in [6, 6.07) is 11.4. The van der Waals surface area contributed by atoms with Gasteiger partial charge in [0.2, 0.25) is 5.13 Å². The molecule has 0 bridgehead atoms. The largest absolute Gasteiger partial charge is 0.476 e. The smallest absolute Gasteiger partial charge is 0.355 e. The standard InChI is InChI=1S/C26H26Cl2N4O2S2/c1-13(2)35-25-22(16-7-8-19(27)20(28)12-16)29-26(36-25)32-23(24(33)34)21(15(4)30-32)17-9-14(3)10-18(11-17)31(5)6/h7-13H,1-6H3,(H,33,34). The highest BCUT2D eigenvalue weighted by molar-refractivity contribution is 8.01. The molecular weight excluding hydrogens is 535 g/mol. The summed E-state index contributed by atoms with van der Waals surface area (Å²) in [5.74, 6) is -1.07. The van der Waals surface area contributed by atoms with Crippen molar-refractivity contribution >= 4 is 58.0 Å². The number of rotatable bonds is 7. The first-order valence-electron chi connectivity index (χ1n) is 11.2. The molecule has 4 rings (SSSR count). The summed E-state index contributed by atoms with van der Waals surface area (Å²) in [6.45, 7) is 8.02. The third-order valence-electron chi connectivity index (χ3n) is 5.43. The van der Waals surface area contributed by atoms with Gasteiger partial charge in [-0.05, 0) is 49.2 Å². The van der Waals surface area contributed by atoms with Gasteiger partial charge in [-0.1, -0.05) is 60.5 Å². The first kappa shape index (κ1) is 26.5. The maximum Gasteiger partial charge on any atom is 0.355 e. The number of hydrogen-bond acceptors (Lipinski definition) is 6. The Morgan fingerprint density at radius 3 is 2.42 bits per heavy atom. The zero-order valence-electron chi connectivity index (χ0n) is 20.8. The van der Waals surface area contributed by atoms with E-state index in [1.54, 1.807) is 23.9 Å². The average Bonchev–Trinajstić information content (AvgIpc) is 3.35. The first-order valence-corrected chi connectivity index (χ1v) is 13.7. The van der Waals surface area contributed by atoms with Crippen LogP contribution in [0.15, 0.2) is 40.6 Å². The van der Waals surface area contributed by atoms with Gasteiger partial charge in [-0.2, -0.15) is 9.78 Å². The van der Waals surface area contributed by atoms with Gasteiger partial charge in [0.1, 0.15) is 0 Å². The van der Waals surface area contributed by atoms with Crippen molar-refractivity contribution in [3.05, 3.63) is 63.4 Å². The van der Waals surface area contributed by atoms with Crippen LogP contribution in [0.25, 0.3) is 27.5 Å². The summed E-state index contributed by atoms with van der Waals surface area (Å²) in [6.07, 6.45) is 0. The summed E-state index contributed by atoms with van der Waals surface area (Å²) in [5.41, 5.74) is 5.64. The van der Waals surface area contributed by atoms with E-state index in [0.29, 0.717) is 31.7 Å². The molecule has 1 N–H and O–H groups in total. The lowest BCUT2D eigenvalue weighted by Crippen LogP contribution is -2.10. The number of nitrogens with zero attached hydrogens (tertiary/aromatic N) is 4. The highest BCUT2D eigenvalue weighted by Gasteiger charge is 2.27. The Morgan fingerprint density at radius 1 is 1.08 bits per heavy atom. The van der Waals surface area contributed by atoms with Crippen LogP contribution in [0.3, 0.4) is 0 Å². The highest BCUT2D eigenvalue weighted by Crippen LogP contribution is 2.42. The van der Waals surface area contributed by atoms with Crippen molar-refractivity contribution in [2.24, 2.45) is 0 Å². The van der Waals surface area contributed by atoms with E-state index in [0.717, 1.165) is 32.3 Å². The van der Waals surface area contributed by atoms with E-state index in [-0.39, 0.29) is 5.69 Å². The molecular formula is C26H26Cl2N4O2S2. The third kappa shape index (κ3) is 5.27. The van der Waals surface area contributed by atoms with Crippen molar-refractivity contribution in [3.63, 3.8) is 0 Å². The molecule has 0 aliphatic rings. The van der Waals surface area contributed by atoms with E-state index in [4.69, 9.17) is 28.2 Å². The molecule has 0 spiro atoms. The molecule has 2 aromatic heterocycles. The van der Waals surface area contributed by atoms with Crippen molar-refractivity contribution in [1.82, 2.24) is 14.8 Å². The number of halogens is 2. The lowest BCUT2D eigenvalue weighted by Gasteiger charge is -2.15. The quantitative estimate of drug-likeness (QED) is 0.232. The van der Waals surface area contributed by atoms with Crippen molar-refractivity contribution in [2.75, 3.05) is 19.0 Å². The Bertz CT molecular complexity index is 1460. The van der Waals surface area contributed by atoms with Crippen LogP contribution in [0.5, 0.6) is 0 Å². The molecule has 0 radical (unpaired) electrons. The maximum atomic E-state index is 12.6. The lowest BCUT2D eigenvalue weighted by molar-refractivity contribution is 0.0688. The van der Waals surface area contributed by atoms with E-state index in [1.807, 2.05) is 51.0 Å². The number of aromatic nitrogens is 3. The second-order valence-corrected chi connectivity index (χ2v) is 12.5. The molecule has 0 atom stereocenters. The summed E-state index contributed by atoms with van der Waals surface area (Å²) in [4.78, 5) is 19.4. The fourth-order valence-electron chi connectivity index (χ4n) is 3.88. The molecule has 188 valence electrons. The van der Waals surface area contributed by atoms with Crippen LogP contribution in [-0.4, -0.2) is 45.2 Å². The molecule has 10 heteroatoms. The number of anilines is 1. The summed E-state index contributed by atoms with van der Waals surface area (Å²) >= 11 is 15.5. The first-order chi connectivity index (χ1) is 17.0. The minimum atomic E-state index is -1.07. The predicted octanol–water partition coefficient (Wildman–Crippen LogP) is 7.85. The Morgan fingerprint density at radius 2 is 1.81 bits per heavy atom. The zero-order chi connectivity index (χ0) is 26.3. The van der Waals surface area contributed by atoms with E-state index in [9.17, 15) is 9.90 Å². The zero-order valence-corrected chi connectivity index (χ0v) is 23.9. The van der Waals surface area contributed by atoms with Crippen LogP contribution in [0.1, 0.15) is 35.6 Å². The molecule has 4 aromatic rings. The van der Waals surface area contributed by atoms with Crippen molar-refractivity contribution in [1.29, 1.82) is 0 Å². The second kappa shape index (κ2) is 10.5. The Hall–Kier alpha value is -2.52. The molecule has 2 aromatic carbocycles. The SMILES string of the molecule is Cc1cc(-c2c(C)nn(-c3nc(-c4ccc(Cl)c(Cl)c4)c(SC(C)C)s3)c2C(=O)O)cc(N(C)C)c1. The van der Waals surface area contributed by atoms with Gasteiger partial charge < -0.3 is 10.0 Å². The van der Waals surface area contributed by atoms with Gasteiger partial charge in [0.05, 0.1) is 25.6 Å². The number of aryl methyl sites for hydroxylation is 2. The van der Waals surface area contributed by atoms with Gasteiger partial charge in [0, 0.05) is 36.2 Å². The number of carboxylic acid groups (broad SMARTS) is 1. The molecule has 0 fully saturated rings. The van der Waals surface area contributed by atoms with Crippen LogP contribution >= 0.6 is 46.3 Å². The van der Waals surface area contributed by atoms with Crippen molar-refractivity contribution in [3.8, 4) is 27.5 Å². The normalized spacial score (nSPS) is 11.4. The molecule has 0 saturated carbocycles. The van der Waals surface area contributed by atoms with E-state index in [2.05, 4.69) is 25.0 Å². The summed E-state index contributed by atoms with van der Waals surface area (Å²) < 4.78 is 2.40. The third-order valence-corrected chi connectivity index (χ3v) is 8.41. The maximum absolute atomic E-state index is 12.6. The van der Waals surface area contributed by atoms with Gasteiger partial charge in [-0.3, -0.25) is 0 Å². The van der Waals surface area contributed by atoms with Crippen LogP contribution in [-0.2, 0) is 0 Å². The molecule has 6 nitrogen and oxygen atoms in total. The predicted molar refractivity (Wildman–Crippen MR) is 152 cm³/mol. The fourth-order valence-corrected chi connectivity index (χ4v) is 6.66. The van der Waals surface area contributed by atoms with Gasteiger partial charge in [0.15, 0.2) is 5.69 Å². The Labute approximate surface area is 228 Å². The molecule has 2 heterocycles. The number of carboxylic acids is 1. The average molecular weight is 562 g/mol. The molecule has 0 saturated heterocycles. The van der Waals surface area contributed by atoms with Crippen LogP contribution in [0.4, 0.5) is 5.69 Å². The summed E-state index contributed by atoms with van der Waals surface area (Å²) in [5, 5.41) is 16.6. The molecule has 0 aliphatic carbocycles. The van der Waals surface area contributed by atoms with Gasteiger partial charge in [-0.15, -0.1) is 11.8 Å². The fraction of sp³-hybridized carbons (Fsp3) is 0.269. The lowest BCUT2D eigenvalue weighted by atomic mass is 10.00. The van der Waals surface area contributed by atoms with Gasteiger partial charge in [-0.25, -0.2) is 9.78 Å². The summed E-state index contributed by atoms with van der Waals surface area (Å²) in [7, 11) is 3.92. The number of carbonyl (C=O) groups is 1. The van der Waals surface area contributed by atoms with Crippen molar-refractivity contribution < 1.29 is 9.90 Å². The number of thioether (sulfide) groups is 1. The van der Waals surface area contributed by atoms with Crippen LogP contribution in [0.2, 0.25) is 10.0 Å². The van der Waals surface area contributed by atoms with E-state index < -0.39 is 5.97 Å².